The van der Waals surface area contributed by atoms with Crippen LogP contribution in [0.15, 0.2) is 4.47 Å². The van der Waals surface area contributed by atoms with Crippen LogP contribution in [0.25, 0.3) is 0 Å². The lowest BCUT2D eigenvalue weighted by Crippen LogP contribution is -2.09. The third-order valence-corrected chi connectivity index (χ3v) is 3.08. The summed E-state index contributed by atoms with van der Waals surface area (Å²) in [6.07, 6.45) is 0. The van der Waals surface area contributed by atoms with E-state index in [-0.39, 0.29) is 0 Å². The van der Waals surface area contributed by atoms with E-state index in [1.807, 2.05) is 0 Å². The molecule has 0 saturated heterocycles. The first-order chi connectivity index (χ1) is 7.47. The van der Waals surface area contributed by atoms with Crippen LogP contribution >= 0.6 is 15.9 Å². The van der Waals surface area contributed by atoms with Crippen LogP contribution < -0.4 is 5.32 Å². The first-order valence-corrected chi connectivity index (χ1v) is 6.57. The normalized spacial score (nSPS) is 11.2. The maximum absolute atomic E-state index is 4.62. The van der Waals surface area contributed by atoms with E-state index in [0.29, 0.717) is 11.8 Å². The Labute approximate surface area is 106 Å². The molecule has 0 aliphatic heterocycles. The average molecular weight is 286 g/mol. The number of halogens is 1. The van der Waals surface area contributed by atoms with Gasteiger partial charge in [0, 0.05) is 12.5 Å². The van der Waals surface area contributed by atoms with E-state index >= 15 is 0 Å². The molecule has 0 saturated carbocycles. The maximum atomic E-state index is 4.62. The predicted octanol–water partition coefficient (Wildman–Crippen LogP) is 3.92. The predicted molar refractivity (Wildman–Crippen MR) is 72.1 cm³/mol. The van der Waals surface area contributed by atoms with Crippen LogP contribution in [0, 0.1) is 0 Å². The van der Waals surface area contributed by atoms with Crippen molar-refractivity contribution in [1.29, 1.82) is 0 Å². The molecular weight excluding hydrogens is 266 g/mol. The number of aromatic nitrogens is 2. The fraction of sp³-hybridized carbons (Fsp3) is 0.667. The lowest BCUT2D eigenvalue weighted by atomic mass is 10.1. The summed E-state index contributed by atoms with van der Waals surface area (Å²) < 4.78 is 0.994. The molecule has 0 spiro atoms. The summed E-state index contributed by atoms with van der Waals surface area (Å²) in [6.45, 7) is 11.5. The number of hydrogen-bond acceptors (Lipinski definition) is 3. The Balaban J connectivity index is 3.27. The van der Waals surface area contributed by atoms with Crippen molar-refractivity contribution in [3.05, 3.63) is 16.0 Å². The fourth-order valence-corrected chi connectivity index (χ4v) is 2.18. The van der Waals surface area contributed by atoms with E-state index in [1.54, 1.807) is 0 Å². The Kier molecular flexibility index (Phi) is 4.71. The fourth-order valence-electron chi connectivity index (χ4n) is 1.41. The van der Waals surface area contributed by atoms with Gasteiger partial charge >= 0.3 is 0 Å². The van der Waals surface area contributed by atoms with E-state index in [2.05, 4.69) is 65.8 Å². The zero-order valence-corrected chi connectivity index (χ0v) is 12.2. The van der Waals surface area contributed by atoms with Gasteiger partial charge < -0.3 is 5.32 Å². The smallest absolute Gasteiger partial charge is 0.144 e. The summed E-state index contributed by atoms with van der Waals surface area (Å²) >= 11 is 3.58. The molecule has 90 valence electrons. The minimum absolute atomic E-state index is 0.350. The minimum atomic E-state index is 0.350. The number of rotatable bonds is 4. The number of hydrogen-bond donors (Lipinski definition) is 1. The van der Waals surface area contributed by atoms with Crippen molar-refractivity contribution in [2.24, 2.45) is 0 Å². The van der Waals surface area contributed by atoms with Crippen molar-refractivity contribution in [2.45, 2.75) is 46.5 Å². The number of nitrogens with zero attached hydrogens (tertiary/aromatic N) is 2. The molecule has 0 aliphatic rings. The number of anilines is 1. The summed E-state index contributed by atoms with van der Waals surface area (Å²) in [5.41, 5.74) is 1.08. The summed E-state index contributed by atoms with van der Waals surface area (Å²) in [6, 6.07) is 0. The average Bonchev–Trinajstić information content (AvgIpc) is 2.20. The molecule has 0 aliphatic carbocycles. The van der Waals surface area contributed by atoms with Gasteiger partial charge in [-0.25, -0.2) is 9.97 Å². The second-order valence-electron chi connectivity index (χ2n) is 4.47. The second kappa shape index (κ2) is 5.62. The van der Waals surface area contributed by atoms with Gasteiger partial charge in [0.1, 0.15) is 11.6 Å². The molecule has 1 heterocycles. The molecule has 4 heteroatoms. The molecule has 1 N–H and O–H groups in total. The zero-order chi connectivity index (χ0) is 12.3. The van der Waals surface area contributed by atoms with Crippen LogP contribution in [0.5, 0.6) is 0 Å². The Morgan fingerprint density at radius 3 is 2.19 bits per heavy atom. The number of nitrogens with one attached hydrogen (secondary N) is 1. The van der Waals surface area contributed by atoms with Crippen molar-refractivity contribution in [3.63, 3.8) is 0 Å². The molecule has 0 bridgehead atoms. The van der Waals surface area contributed by atoms with Crippen LogP contribution in [0.2, 0.25) is 0 Å². The first kappa shape index (κ1) is 13.4. The van der Waals surface area contributed by atoms with Gasteiger partial charge in [-0.05, 0) is 28.8 Å². The van der Waals surface area contributed by atoms with E-state index in [1.165, 1.54) is 0 Å². The van der Waals surface area contributed by atoms with Gasteiger partial charge in [0.05, 0.1) is 10.2 Å². The molecule has 1 aromatic heterocycles. The van der Waals surface area contributed by atoms with Crippen LogP contribution in [-0.4, -0.2) is 16.5 Å². The largest absolute Gasteiger partial charge is 0.369 e. The second-order valence-corrected chi connectivity index (χ2v) is 5.26. The summed E-state index contributed by atoms with van der Waals surface area (Å²) in [5.74, 6) is 2.56. The molecule has 0 atom stereocenters. The van der Waals surface area contributed by atoms with Crippen LogP contribution in [0.4, 0.5) is 5.82 Å². The molecule has 0 amide bonds. The third-order valence-electron chi connectivity index (χ3n) is 2.30. The van der Waals surface area contributed by atoms with Gasteiger partial charge in [0.25, 0.3) is 0 Å². The topological polar surface area (TPSA) is 37.8 Å². The molecule has 0 unspecified atom stereocenters. The van der Waals surface area contributed by atoms with Gasteiger partial charge in [-0.2, -0.15) is 0 Å². The van der Waals surface area contributed by atoms with E-state index in [9.17, 15) is 0 Å². The highest BCUT2D eigenvalue weighted by Crippen LogP contribution is 2.30. The van der Waals surface area contributed by atoms with E-state index in [0.717, 1.165) is 28.4 Å². The van der Waals surface area contributed by atoms with Crippen molar-refractivity contribution in [3.8, 4) is 0 Å². The molecule has 16 heavy (non-hydrogen) atoms. The SMILES string of the molecule is CCNc1nc(C(C)C)nc(C(C)C)c1Br. The standard InChI is InChI=1S/C12H20BrN3/c1-6-14-12-9(13)10(7(2)3)15-11(16-12)8(4)5/h7-8H,6H2,1-5H3,(H,14,15,16). The monoisotopic (exact) mass is 285 g/mol. The lowest BCUT2D eigenvalue weighted by molar-refractivity contribution is 0.726. The van der Waals surface area contributed by atoms with E-state index < -0.39 is 0 Å². The lowest BCUT2D eigenvalue weighted by Gasteiger charge is -2.15. The summed E-state index contributed by atoms with van der Waals surface area (Å²) in [5, 5.41) is 3.27. The van der Waals surface area contributed by atoms with Crippen molar-refractivity contribution in [2.75, 3.05) is 11.9 Å². The van der Waals surface area contributed by atoms with Crippen molar-refractivity contribution < 1.29 is 0 Å². The highest BCUT2D eigenvalue weighted by Gasteiger charge is 2.15. The Morgan fingerprint density at radius 1 is 1.12 bits per heavy atom. The molecule has 1 rings (SSSR count). The van der Waals surface area contributed by atoms with Gasteiger partial charge in [0.15, 0.2) is 0 Å². The molecule has 3 nitrogen and oxygen atoms in total. The quantitative estimate of drug-likeness (QED) is 0.911. The molecule has 0 aromatic carbocycles. The molecule has 0 radical (unpaired) electrons. The van der Waals surface area contributed by atoms with Gasteiger partial charge in [0.2, 0.25) is 0 Å². The van der Waals surface area contributed by atoms with Gasteiger partial charge in [-0.3, -0.25) is 0 Å². The van der Waals surface area contributed by atoms with E-state index in [4.69, 9.17) is 0 Å². The highest BCUT2D eigenvalue weighted by molar-refractivity contribution is 9.10. The molecule has 0 fully saturated rings. The minimum Gasteiger partial charge on any atom is -0.369 e. The van der Waals surface area contributed by atoms with Crippen LogP contribution in [0.1, 0.15) is 58.0 Å². The van der Waals surface area contributed by atoms with Crippen LogP contribution in [-0.2, 0) is 0 Å². The van der Waals surface area contributed by atoms with Crippen LogP contribution in [0.3, 0.4) is 0 Å². The maximum Gasteiger partial charge on any atom is 0.144 e. The summed E-state index contributed by atoms with van der Waals surface area (Å²) in [7, 11) is 0. The van der Waals surface area contributed by atoms with Gasteiger partial charge in [-0.1, -0.05) is 27.7 Å². The zero-order valence-electron chi connectivity index (χ0n) is 10.6. The van der Waals surface area contributed by atoms with Crippen molar-refractivity contribution in [1.82, 2.24) is 9.97 Å². The Hall–Kier alpha value is -0.640. The Bertz CT molecular complexity index is 362. The molecular formula is C12H20BrN3. The van der Waals surface area contributed by atoms with Gasteiger partial charge in [-0.15, -0.1) is 0 Å². The highest BCUT2D eigenvalue weighted by atomic mass is 79.9. The first-order valence-electron chi connectivity index (χ1n) is 5.78. The Morgan fingerprint density at radius 2 is 1.75 bits per heavy atom. The summed E-state index contributed by atoms with van der Waals surface area (Å²) in [4.78, 5) is 9.15. The third kappa shape index (κ3) is 2.94. The molecule has 1 aromatic rings. The van der Waals surface area contributed by atoms with Crippen molar-refractivity contribution >= 4 is 21.7 Å².